The second kappa shape index (κ2) is 5.32. The molecule has 3 fully saturated rings. The van der Waals surface area contributed by atoms with Gasteiger partial charge in [0.25, 0.3) is 0 Å². The molecule has 7 nitrogen and oxygen atoms in total. The molecule has 3 aliphatic heterocycles. The molecule has 3 saturated heterocycles. The fraction of sp³-hybridized carbons (Fsp3) is 0.533. The predicted octanol–water partition coefficient (Wildman–Crippen LogP) is 1.36. The number of morpholine rings is 1. The lowest BCUT2D eigenvalue weighted by Gasteiger charge is -2.39. The van der Waals surface area contributed by atoms with E-state index in [1.165, 1.54) is 4.31 Å². The molecule has 0 aliphatic carbocycles. The van der Waals surface area contributed by atoms with E-state index in [-0.39, 0.29) is 18.7 Å². The molecule has 9 heteroatoms. The van der Waals surface area contributed by atoms with Crippen LogP contribution in [0.4, 0.5) is 10.5 Å². The minimum absolute atomic E-state index is 0.233. The van der Waals surface area contributed by atoms with Gasteiger partial charge in [-0.05, 0) is 30.7 Å². The maximum atomic E-state index is 12.6. The first-order chi connectivity index (χ1) is 11.3. The molecule has 1 N–H and O–H groups in total. The minimum atomic E-state index is -3.34. The SMILES string of the molecule is CN1C[C@@]23CN(C(=O)Nc4ccc(Cl)cc4)C[C@@H](C[C@@H]2S1(=O)=O)O3. The highest BCUT2D eigenvalue weighted by Crippen LogP contribution is 2.45. The Morgan fingerprint density at radius 1 is 1.33 bits per heavy atom. The van der Waals surface area contributed by atoms with Gasteiger partial charge in [-0.15, -0.1) is 0 Å². The fourth-order valence-corrected chi connectivity index (χ4v) is 6.11. The van der Waals surface area contributed by atoms with E-state index in [9.17, 15) is 13.2 Å². The molecule has 130 valence electrons. The number of nitrogens with zero attached hydrogens (tertiary/aromatic N) is 2. The number of urea groups is 1. The van der Waals surface area contributed by atoms with Gasteiger partial charge in [0.1, 0.15) is 10.9 Å². The Hall–Kier alpha value is -1.35. The van der Waals surface area contributed by atoms with Crippen molar-refractivity contribution in [1.82, 2.24) is 9.21 Å². The number of fused-ring (bicyclic) bond motifs is 1. The zero-order valence-electron chi connectivity index (χ0n) is 13.1. The van der Waals surface area contributed by atoms with Gasteiger partial charge in [-0.25, -0.2) is 17.5 Å². The predicted molar refractivity (Wildman–Crippen MR) is 89.6 cm³/mol. The Balaban J connectivity index is 1.53. The highest BCUT2D eigenvalue weighted by molar-refractivity contribution is 7.90. The van der Waals surface area contributed by atoms with Crippen LogP contribution in [-0.2, 0) is 14.8 Å². The number of sulfonamides is 1. The van der Waals surface area contributed by atoms with Gasteiger partial charge in [0, 0.05) is 30.8 Å². The van der Waals surface area contributed by atoms with Crippen molar-refractivity contribution >= 4 is 33.3 Å². The highest BCUT2D eigenvalue weighted by atomic mass is 35.5. The van der Waals surface area contributed by atoms with Crippen molar-refractivity contribution in [3.05, 3.63) is 29.3 Å². The number of halogens is 1. The summed E-state index contributed by atoms with van der Waals surface area (Å²) in [4.78, 5) is 14.2. The zero-order valence-corrected chi connectivity index (χ0v) is 14.7. The number of anilines is 1. The maximum Gasteiger partial charge on any atom is 0.322 e. The van der Waals surface area contributed by atoms with Crippen LogP contribution in [-0.4, -0.2) is 67.3 Å². The number of rotatable bonds is 1. The molecule has 3 heterocycles. The van der Waals surface area contributed by atoms with E-state index in [2.05, 4.69) is 5.32 Å². The van der Waals surface area contributed by atoms with Crippen LogP contribution in [0.5, 0.6) is 0 Å². The third-order valence-electron chi connectivity index (χ3n) is 5.01. The normalized spacial score (nSPS) is 34.2. The van der Waals surface area contributed by atoms with Gasteiger partial charge in [0.2, 0.25) is 10.0 Å². The van der Waals surface area contributed by atoms with Crippen LogP contribution in [0.25, 0.3) is 0 Å². The van der Waals surface area contributed by atoms with Crippen LogP contribution in [0.2, 0.25) is 5.02 Å². The van der Waals surface area contributed by atoms with Gasteiger partial charge in [-0.3, -0.25) is 0 Å². The van der Waals surface area contributed by atoms with Crippen LogP contribution in [0.15, 0.2) is 24.3 Å². The number of hydrogen-bond donors (Lipinski definition) is 1. The smallest absolute Gasteiger partial charge is 0.322 e. The van der Waals surface area contributed by atoms with E-state index in [1.54, 1.807) is 36.2 Å². The number of nitrogens with one attached hydrogen (secondary N) is 1. The quantitative estimate of drug-likeness (QED) is 0.808. The lowest BCUT2D eigenvalue weighted by molar-refractivity contribution is -0.0932. The second-order valence-corrected chi connectivity index (χ2v) is 9.31. The number of carbonyl (C=O) groups excluding carboxylic acids is 1. The van der Waals surface area contributed by atoms with Crippen molar-refractivity contribution < 1.29 is 17.9 Å². The van der Waals surface area contributed by atoms with Crippen molar-refractivity contribution in [3.8, 4) is 0 Å². The summed E-state index contributed by atoms with van der Waals surface area (Å²) in [6.07, 6.45) is 0.209. The topological polar surface area (TPSA) is 79.0 Å². The molecule has 24 heavy (non-hydrogen) atoms. The van der Waals surface area contributed by atoms with Crippen LogP contribution in [0.3, 0.4) is 0 Å². The summed E-state index contributed by atoms with van der Waals surface area (Å²) in [5.41, 5.74) is -0.165. The highest BCUT2D eigenvalue weighted by Gasteiger charge is 2.64. The summed E-state index contributed by atoms with van der Waals surface area (Å²) in [7, 11) is -1.78. The van der Waals surface area contributed by atoms with E-state index >= 15 is 0 Å². The summed E-state index contributed by atoms with van der Waals surface area (Å²) < 4.78 is 32.2. The molecule has 1 spiro atoms. The first-order valence-corrected chi connectivity index (χ1v) is 9.63. The number of hydrogen-bond acceptors (Lipinski definition) is 4. The molecule has 3 atom stereocenters. The molecule has 0 aromatic heterocycles. The van der Waals surface area contributed by atoms with Gasteiger partial charge in [0.05, 0.1) is 12.6 Å². The fourth-order valence-electron chi connectivity index (χ4n) is 3.95. The van der Waals surface area contributed by atoms with Crippen molar-refractivity contribution in [2.45, 2.75) is 23.4 Å². The first kappa shape index (κ1) is 16.1. The Morgan fingerprint density at radius 3 is 2.75 bits per heavy atom. The number of likely N-dealkylation sites (N-methyl/N-ethyl adjacent to an activating group) is 1. The molecular weight excluding hydrogens is 354 g/mol. The minimum Gasteiger partial charge on any atom is -0.365 e. The van der Waals surface area contributed by atoms with Crippen LogP contribution in [0, 0.1) is 0 Å². The zero-order chi connectivity index (χ0) is 17.1. The van der Waals surface area contributed by atoms with E-state index in [0.29, 0.717) is 30.2 Å². The van der Waals surface area contributed by atoms with Gasteiger partial charge in [-0.1, -0.05) is 11.6 Å². The molecule has 0 unspecified atom stereocenters. The van der Waals surface area contributed by atoms with Crippen molar-refractivity contribution in [2.24, 2.45) is 0 Å². The van der Waals surface area contributed by atoms with Crippen LogP contribution < -0.4 is 5.32 Å². The largest absolute Gasteiger partial charge is 0.365 e. The number of carbonyl (C=O) groups is 1. The van der Waals surface area contributed by atoms with E-state index in [1.807, 2.05) is 0 Å². The summed E-state index contributed by atoms with van der Waals surface area (Å²) in [5.74, 6) is 0. The molecule has 1 aromatic carbocycles. The van der Waals surface area contributed by atoms with Crippen LogP contribution in [0.1, 0.15) is 6.42 Å². The van der Waals surface area contributed by atoms with E-state index < -0.39 is 20.9 Å². The molecule has 4 rings (SSSR count). The average molecular weight is 372 g/mol. The average Bonchev–Trinajstić information content (AvgIpc) is 2.88. The van der Waals surface area contributed by atoms with E-state index in [4.69, 9.17) is 16.3 Å². The summed E-state index contributed by atoms with van der Waals surface area (Å²) in [5, 5.41) is 2.86. The van der Waals surface area contributed by atoms with Gasteiger partial charge >= 0.3 is 6.03 Å². The monoisotopic (exact) mass is 371 g/mol. The number of likely N-dealkylation sites (tertiary alicyclic amines) is 1. The van der Waals surface area contributed by atoms with Crippen LogP contribution >= 0.6 is 11.6 Å². The molecule has 0 saturated carbocycles. The Labute approximate surface area is 145 Å². The molecular formula is C15H18ClN3O4S. The van der Waals surface area contributed by atoms with Crippen molar-refractivity contribution in [2.75, 3.05) is 32.0 Å². The molecule has 3 aliphatic rings. The maximum absolute atomic E-state index is 12.6. The number of ether oxygens (including phenoxy) is 1. The van der Waals surface area contributed by atoms with Gasteiger partial charge < -0.3 is 15.0 Å². The van der Waals surface area contributed by atoms with Gasteiger partial charge in [-0.2, -0.15) is 0 Å². The molecule has 2 amide bonds. The Kier molecular flexibility index (Phi) is 3.58. The summed E-state index contributed by atoms with van der Waals surface area (Å²) in [6, 6.07) is 6.60. The third-order valence-corrected chi connectivity index (χ3v) is 7.61. The standard InChI is InChI=1S/C15H18ClN3O4S/c1-18-8-15-9-19(7-12(23-15)6-13(15)24(18,21)22)14(20)17-11-4-2-10(16)3-5-11/h2-5,12-13H,6-9H2,1H3,(H,17,20)/t12-,13+,15-/m1/s1. The molecule has 2 bridgehead atoms. The first-order valence-electron chi connectivity index (χ1n) is 7.75. The summed E-state index contributed by atoms with van der Waals surface area (Å²) >= 11 is 5.84. The van der Waals surface area contributed by atoms with Crippen molar-refractivity contribution in [1.29, 1.82) is 0 Å². The lowest BCUT2D eigenvalue weighted by Crippen LogP contribution is -2.57. The molecule has 1 aromatic rings. The Morgan fingerprint density at radius 2 is 2.04 bits per heavy atom. The lowest BCUT2D eigenvalue weighted by atomic mass is 9.99. The summed E-state index contributed by atoms with van der Waals surface area (Å²) in [6.45, 7) is 0.968. The molecule has 0 radical (unpaired) electrons. The third kappa shape index (κ3) is 2.40. The number of amides is 2. The van der Waals surface area contributed by atoms with Gasteiger partial charge in [0.15, 0.2) is 0 Å². The second-order valence-electron chi connectivity index (χ2n) is 6.65. The van der Waals surface area contributed by atoms with Crippen molar-refractivity contribution in [3.63, 3.8) is 0 Å². The number of benzene rings is 1. The van der Waals surface area contributed by atoms with E-state index in [0.717, 1.165) is 0 Å². The Bertz CT molecular complexity index is 784.